The van der Waals surface area contributed by atoms with E-state index in [1.54, 1.807) is 0 Å². The second-order valence-corrected chi connectivity index (χ2v) is 4.41. The van der Waals surface area contributed by atoms with E-state index in [1.807, 2.05) is 19.2 Å². The van der Waals surface area contributed by atoms with Crippen molar-refractivity contribution in [3.8, 4) is 0 Å². The molecular weight excluding hydrogens is 194 g/mol. The van der Waals surface area contributed by atoms with E-state index >= 15 is 0 Å². The Balaban J connectivity index is 3.12. The average Bonchev–Trinajstić information content (AvgIpc) is 2.46. The van der Waals surface area contributed by atoms with Gasteiger partial charge in [-0.2, -0.15) is 0 Å². The minimum absolute atomic E-state index is 1.09. The van der Waals surface area contributed by atoms with Crippen molar-refractivity contribution in [1.29, 1.82) is 0 Å². The summed E-state index contributed by atoms with van der Waals surface area (Å²) in [6, 6.07) is 0. The van der Waals surface area contributed by atoms with Crippen molar-refractivity contribution in [2.45, 2.75) is 52.9 Å². The van der Waals surface area contributed by atoms with Crippen LogP contribution in [0.5, 0.6) is 0 Å². The van der Waals surface area contributed by atoms with Gasteiger partial charge in [0.15, 0.2) is 0 Å². The first kappa shape index (κ1) is 13.0. The molecule has 0 spiro atoms. The van der Waals surface area contributed by atoms with E-state index in [9.17, 15) is 0 Å². The molecule has 16 heavy (non-hydrogen) atoms. The maximum atomic E-state index is 4.39. The zero-order chi connectivity index (χ0) is 12.0. The lowest BCUT2D eigenvalue weighted by Gasteiger charge is -2.12. The molecule has 0 unspecified atom stereocenters. The highest BCUT2D eigenvalue weighted by molar-refractivity contribution is 5.57. The Morgan fingerprint density at radius 3 is 2.56 bits per heavy atom. The number of nitrogens with zero attached hydrogens (tertiary/aromatic N) is 1. The van der Waals surface area contributed by atoms with Crippen molar-refractivity contribution in [3.63, 3.8) is 0 Å². The second-order valence-electron chi connectivity index (χ2n) is 4.41. The van der Waals surface area contributed by atoms with Gasteiger partial charge in [0.25, 0.3) is 0 Å². The zero-order valence-corrected chi connectivity index (χ0v) is 10.8. The molecule has 0 fully saturated rings. The predicted molar refractivity (Wildman–Crippen MR) is 72.8 cm³/mol. The predicted octanol–water partition coefficient (Wildman–Crippen LogP) is 4.82. The molecule has 0 aromatic heterocycles. The summed E-state index contributed by atoms with van der Waals surface area (Å²) in [7, 11) is 0. The first-order chi connectivity index (χ1) is 7.70. The molecule has 1 aliphatic carbocycles. The number of rotatable bonds is 3. The molecule has 0 aromatic carbocycles. The first-order valence-electron chi connectivity index (χ1n) is 6.21. The van der Waals surface area contributed by atoms with Gasteiger partial charge in [-0.05, 0) is 57.6 Å². The van der Waals surface area contributed by atoms with Gasteiger partial charge in [-0.1, -0.05) is 24.6 Å². The molecule has 88 valence electrons. The Hall–Kier alpha value is -1.11. The van der Waals surface area contributed by atoms with Crippen molar-refractivity contribution in [2.24, 2.45) is 4.99 Å². The summed E-state index contributed by atoms with van der Waals surface area (Å²) >= 11 is 0. The Kier molecular flexibility index (Phi) is 5.24. The Bertz CT molecular complexity index is 342. The molecule has 1 heteroatoms. The number of hydrogen-bond donors (Lipinski definition) is 0. The SMILES string of the molecule is C=C/C(C1=C(C)CCCCC1)=C(C)\N=C\C. The molecular formula is C15H23N. The molecule has 0 N–H and O–H groups in total. The summed E-state index contributed by atoms with van der Waals surface area (Å²) in [5.41, 5.74) is 5.35. The van der Waals surface area contributed by atoms with Crippen molar-refractivity contribution in [1.82, 2.24) is 0 Å². The van der Waals surface area contributed by atoms with E-state index in [-0.39, 0.29) is 0 Å². The zero-order valence-electron chi connectivity index (χ0n) is 10.8. The lowest BCUT2D eigenvalue weighted by atomic mass is 9.95. The molecule has 0 amide bonds. The molecule has 1 aliphatic rings. The van der Waals surface area contributed by atoms with Gasteiger partial charge >= 0.3 is 0 Å². The highest BCUT2D eigenvalue weighted by Crippen LogP contribution is 2.30. The fourth-order valence-corrected chi connectivity index (χ4v) is 2.35. The summed E-state index contributed by atoms with van der Waals surface area (Å²) in [5, 5.41) is 0. The molecule has 0 heterocycles. The van der Waals surface area contributed by atoms with E-state index in [0.29, 0.717) is 0 Å². The molecule has 1 nitrogen and oxygen atoms in total. The van der Waals surface area contributed by atoms with E-state index < -0.39 is 0 Å². The second kappa shape index (κ2) is 6.47. The summed E-state index contributed by atoms with van der Waals surface area (Å²) in [6.45, 7) is 10.2. The van der Waals surface area contributed by atoms with Crippen LogP contribution in [-0.2, 0) is 0 Å². The van der Waals surface area contributed by atoms with Crippen LogP contribution >= 0.6 is 0 Å². The van der Waals surface area contributed by atoms with Crippen LogP contribution in [0.25, 0.3) is 0 Å². The van der Waals surface area contributed by atoms with Crippen LogP contribution in [0.1, 0.15) is 52.9 Å². The van der Waals surface area contributed by atoms with Gasteiger partial charge in [-0.15, -0.1) is 0 Å². The third kappa shape index (κ3) is 3.19. The highest BCUT2D eigenvalue weighted by atomic mass is 14.7. The van der Waals surface area contributed by atoms with E-state index in [0.717, 1.165) is 5.70 Å². The van der Waals surface area contributed by atoms with Gasteiger partial charge in [-0.3, -0.25) is 4.99 Å². The maximum absolute atomic E-state index is 4.39. The van der Waals surface area contributed by atoms with Crippen LogP contribution in [-0.4, -0.2) is 6.21 Å². The molecule has 0 saturated heterocycles. The average molecular weight is 217 g/mol. The van der Waals surface area contributed by atoms with Crippen molar-refractivity contribution in [3.05, 3.63) is 35.1 Å². The minimum atomic E-state index is 1.09. The van der Waals surface area contributed by atoms with Gasteiger partial charge in [0.1, 0.15) is 0 Å². The van der Waals surface area contributed by atoms with E-state index in [1.165, 1.54) is 48.8 Å². The van der Waals surface area contributed by atoms with Crippen molar-refractivity contribution >= 4 is 6.21 Å². The van der Waals surface area contributed by atoms with Crippen molar-refractivity contribution < 1.29 is 0 Å². The fraction of sp³-hybridized carbons (Fsp3) is 0.533. The Morgan fingerprint density at radius 1 is 1.25 bits per heavy atom. The van der Waals surface area contributed by atoms with Crippen LogP contribution in [0.4, 0.5) is 0 Å². The Labute approximate surface area is 99.7 Å². The lowest BCUT2D eigenvalue weighted by Crippen LogP contribution is -1.93. The topological polar surface area (TPSA) is 12.4 Å². The van der Waals surface area contributed by atoms with E-state index in [4.69, 9.17) is 0 Å². The largest absolute Gasteiger partial charge is 0.266 e. The highest BCUT2D eigenvalue weighted by Gasteiger charge is 2.12. The van der Waals surface area contributed by atoms with Crippen LogP contribution < -0.4 is 0 Å². The van der Waals surface area contributed by atoms with Gasteiger partial charge < -0.3 is 0 Å². The number of aliphatic imine (C=N–C) groups is 1. The van der Waals surface area contributed by atoms with Crippen molar-refractivity contribution in [2.75, 3.05) is 0 Å². The van der Waals surface area contributed by atoms with Gasteiger partial charge in [0.05, 0.1) is 0 Å². The molecule has 1 rings (SSSR count). The smallest absolute Gasteiger partial charge is 0.0443 e. The molecule has 0 radical (unpaired) electrons. The normalized spacial score (nSPS) is 19.7. The van der Waals surface area contributed by atoms with Crippen LogP contribution in [0, 0.1) is 0 Å². The Morgan fingerprint density at radius 2 is 1.94 bits per heavy atom. The standard InChI is InChI=1S/C15H23N/c1-5-14(13(4)16-6-2)15-11-9-7-8-10-12(15)3/h5-6H,1,7-11H2,2-4H3/b14-13+,16-6+. The molecule has 0 aromatic rings. The summed E-state index contributed by atoms with van der Waals surface area (Å²) in [4.78, 5) is 4.39. The van der Waals surface area contributed by atoms with Crippen LogP contribution in [0.15, 0.2) is 40.1 Å². The van der Waals surface area contributed by atoms with Gasteiger partial charge in [0, 0.05) is 11.9 Å². The van der Waals surface area contributed by atoms with Crippen LogP contribution in [0.3, 0.4) is 0 Å². The lowest BCUT2D eigenvalue weighted by molar-refractivity contribution is 0.707. The third-order valence-electron chi connectivity index (χ3n) is 3.24. The van der Waals surface area contributed by atoms with Gasteiger partial charge in [-0.25, -0.2) is 0 Å². The molecule has 0 aliphatic heterocycles. The minimum Gasteiger partial charge on any atom is -0.266 e. The maximum Gasteiger partial charge on any atom is 0.0443 e. The molecule has 0 atom stereocenters. The summed E-state index contributed by atoms with van der Waals surface area (Å²) in [6.07, 6.45) is 10.2. The quantitative estimate of drug-likeness (QED) is 0.475. The first-order valence-corrected chi connectivity index (χ1v) is 6.21. The monoisotopic (exact) mass is 217 g/mol. The van der Waals surface area contributed by atoms with E-state index in [2.05, 4.69) is 25.4 Å². The molecule has 0 bridgehead atoms. The number of hydrogen-bond acceptors (Lipinski definition) is 1. The van der Waals surface area contributed by atoms with Gasteiger partial charge in [0.2, 0.25) is 0 Å². The summed E-state index contributed by atoms with van der Waals surface area (Å²) < 4.78 is 0. The summed E-state index contributed by atoms with van der Waals surface area (Å²) in [5.74, 6) is 0. The third-order valence-corrected chi connectivity index (χ3v) is 3.24. The molecule has 0 saturated carbocycles. The number of allylic oxidation sites excluding steroid dienone is 5. The fourth-order valence-electron chi connectivity index (χ4n) is 2.35. The van der Waals surface area contributed by atoms with Crippen LogP contribution in [0.2, 0.25) is 0 Å².